The highest BCUT2D eigenvalue weighted by atomic mass is 15.2. The highest BCUT2D eigenvalue weighted by Crippen LogP contribution is 2.57. The average molecular weight is 1120 g/mol. The molecule has 414 valence electrons. The average Bonchev–Trinajstić information content (AvgIpc) is 1.51. The van der Waals surface area contributed by atoms with Gasteiger partial charge in [0.05, 0.1) is 33.1 Å². The SMILES string of the molecule is CC1(C)c2ccccc2-c2cc(N(c3ccccc3)c3ccc4c5cccc6c7c(-c8ccccc8)c8c(c(-c9ccccc9)c7n(c4c3)c56)c3cccc4c5ccc(N(c6ccccc6)c6ccc7c(c6)-c6ccccc6C7(C)C)cc5n8c43)ccc21. The summed E-state index contributed by atoms with van der Waals surface area (Å²) in [5.74, 6) is 0. The van der Waals surface area contributed by atoms with Gasteiger partial charge in [-0.1, -0.05) is 234 Å². The standard InChI is InChI=1S/C84H58N4/c1-83(2)69-37-19-17-31-59(69)67-47-55(41-45-71(67)83)85(53-27-13-7-14-28-53)57-39-43-61-63-33-21-35-65-77-76(52-25-11-6-12-26-52)82-78(75(51-23-9-5-10-24-51)81(77)87(79(63)65)73(61)49-57)66-36-22-34-64-62-44-40-58(50-74(62)88(82)80(64)66)86(54-29-15-8-16-30-54)56-42-46-72-68(48-56)60-32-18-20-38-70(60)84(72,3)4/h5-50H,1-4H3. The molecule has 88 heavy (non-hydrogen) atoms. The summed E-state index contributed by atoms with van der Waals surface area (Å²) in [5, 5.41) is 9.94. The van der Waals surface area contributed by atoms with Crippen LogP contribution < -0.4 is 9.80 Å². The van der Waals surface area contributed by atoms with E-state index in [1.807, 2.05) is 0 Å². The van der Waals surface area contributed by atoms with Crippen LogP contribution in [0.15, 0.2) is 279 Å². The van der Waals surface area contributed by atoms with Crippen LogP contribution in [0.5, 0.6) is 0 Å². The fourth-order valence-electron chi connectivity index (χ4n) is 16.5. The van der Waals surface area contributed by atoms with Crippen LogP contribution in [0.4, 0.5) is 34.1 Å². The predicted octanol–water partition coefficient (Wildman–Crippen LogP) is 22.9. The third kappa shape index (κ3) is 6.53. The molecule has 2 aliphatic rings. The van der Waals surface area contributed by atoms with E-state index in [4.69, 9.17) is 0 Å². The molecule has 19 rings (SSSR count). The topological polar surface area (TPSA) is 15.3 Å². The summed E-state index contributed by atoms with van der Waals surface area (Å²) >= 11 is 0. The second-order valence-corrected chi connectivity index (χ2v) is 25.5. The van der Waals surface area contributed by atoms with Gasteiger partial charge >= 0.3 is 0 Å². The first-order chi connectivity index (χ1) is 43.2. The number of rotatable bonds is 8. The first kappa shape index (κ1) is 49.3. The molecule has 0 amide bonds. The maximum Gasteiger partial charge on any atom is 0.0634 e. The molecule has 2 aliphatic carbocycles. The molecule has 0 spiro atoms. The Hall–Kier alpha value is -10.9. The molecule has 0 fully saturated rings. The normalized spacial score (nSPS) is 13.9. The lowest BCUT2D eigenvalue weighted by molar-refractivity contribution is 0.660. The zero-order valence-electron chi connectivity index (χ0n) is 49.3. The summed E-state index contributed by atoms with van der Waals surface area (Å²) in [6.07, 6.45) is 0. The zero-order valence-corrected chi connectivity index (χ0v) is 49.3. The number of hydrogen-bond donors (Lipinski definition) is 0. The van der Waals surface area contributed by atoms with Crippen molar-refractivity contribution < 1.29 is 0 Å². The number of nitrogens with zero attached hydrogens (tertiary/aromatic N) is 4. The van der Waals surface area contributed by atoms with Crippen molar-refractivity contribution in [2.24, 2.45) is 0 Å². The molecule has 0 atom stereocenters. The van der Waals surface area contributed by atoms with Gasteiger partial charge < -0.3 is 18.6 Å². The van der Waals surface area contributed by atoms with E-state index in [2.05, 4.69) is 325 Å². The zero-order chi connectivity index (χ0) is 58.3. The molecular formula is C84H58N4. The summed E-state index contributed by atoms with van der Waals surface area (Å²) < 4.78 is 5.30. The summed E-state index contributed by atoms with van der Waals surface area (Å²) in [6.45, 7) is 9.45. The van der Waals surface area contributed by atoms with E-state index in [0.717, 1.165) is 34.1 Å². The Balaban J connectivity index is 0.919. The van der Waals surface area contributed by atoms with E-state index in [1.165, 1.54) is 143 Å². The van der Waals surface area contributed by atoms with Crippen LogP contribution in [0.1, 0.15) is 49.9 Å². The maximum absolute atomic E-state index is 2.65. The van der Waals surface area contributed by atoms with Crippen molar-refractivity contribution in [1.29, 1.82) is 0 Å². The number of hydrogen-bond acceptors (Lipinski definition) is 2. The molecule has 17 aromatic rings. The van der Waals surface area contributed by atoms with Crippen molar-refractivity contribution in [2.75, 3.05) is 9.80 Å². The third-order valence-corrected chi connectivity index (χ3v) is 20.3. The highest BCUT2D eigenvalue weighted by Gasteiger charge is 2.38. The molecule has 4 aromatic heterocycles. The quantitative estimate of drug-likeness (QED) is 0.151. The van der Waals surface area contributed by atoms with Gasteiger partial charge in [0.2, 0.25) is 0 Å². The lowest BCUT2D eigenvalue weighted by Gasteiger charge is -2.27. The largest absolute Gasteiger partial charge is 0.310 e. The molecule has 0 saturated heterocycles. The van der Waals surface area contributed by atoms with Crippen molar-refractivity contribution >= 4 is 110 Å². The first-order valence-electron chi connectivity index (χ1n) is 30.9. The van der Waals surface area contributed by atoms with Crippen LogP contribution in [0.3, 0.4) is 0 Å². The van der Waals surface area contributed by atoms with Gasteiger partial charge in [-0.2, -0.15) is 0 Å². The van der Waals surface area contributed by atoms with E-state index < -0.39 is 0 Å². The van der Waals surface area contributed by atoms with E-state index >= 15 is 0 Å². The van der Waals surface area contributed by atoms with Gasteiger partial charge in [0, 0.05) is 99.2 Å². The lowest BCUT2D eigenvalue weighted by Crippen LogP contribution is -2.15. The van der Waals surface area contributed by atoms with Crippen molar-refractivity contribution in [3.05, 3.63) is 301 Å². The monoisotopic (exact) mass is 1120 g/mol. The Morgan fingerprint density at radius 3 is 1.01 bits per heavy atom. The molecule has 13 aromatic carbocycles. The predicted molar refractivity (Wildman–Crippen MR) is 371 cm³/mol. The molecule has 4 heterocycles. The van der Waals surface area contributed by atoms with Crippen molar-refractivity contribution in [2.45, 2.75) is 38.5 Å². The van der Waals surface area contributed by atoms with Gasteiger partial charge in [0.1, 0.15) is 0 Å². The Bertz CT molecular complexity index is 5380. The maximum atomic E-state index is 2.65. The van der Waals surface area contributed by atoms with E-state index in [9.17, 15) is 0 Å². The number of para-hydroxylation sites is 4. The van der Waals surface area contributed by atoms with Crippen molar-refractivity contribution in [3.63, 3.8) is 0 Å². The molecule has 4 heteroatoms. The smallest absolute Gasteiger partial charge is 0.0634 e. The number of aromatic nitrogens is 2. The van der Waals surface area contributed by atoms with E-state index in [0.29, 0.717) is 0 Å². The summed E-state index contributed by atoms with van der Waals surface area (Å²) in [4.78, 5) is 4.92. The van der Waals surface area contributed by atoms with Crippen molar-refractivity contribution in [3.8, 4) is 44.5 Å². The minimum Gasteiger partial charge on any atom is -0.310 e. The molecule has 4 nitrogen and oxygen atoms in total. The van der Waals surface area contributed by atoms with E-state index in [-0.39, 0.29) is 10.8 Å². The second-order valence-electron chi connectivity index (χ2n) is 25.5. The Kier molecular flexibility index (Phi) is 9.99. The Morgan fingerprint density at radius 1 is 0.250 bits per heavy atom. The lowest BCUT2D eigenvalue weighted by atomic mass is 9.82. The Morgan fingerprint density at radius 2 is 0.591 bits per heavy atom. The summed E-state index contributed by atoms with van der Waals surface area (Å²) in [6, 6.07) is 105. The van der Waals surface area contributed by atoms with Gasteiger partial charge in [0.25, 0.3) is 0 Å². The van der Waals surface area contributed by atoms with E-state index in [1.54, 1.807) is 0 Å². The van der Waals surface area contributed by atoms with Gasteiger partial charge in [-0.25, -0.2) is 0 Å². The molecule has 0 saturated carbocycles. The first-order valence-corrected chi connectivity index (χ1v) is 30.9. The Labute approximate surface area is 510 Å². The van der Waals surface area contributed by atoms with Crippen LogP contribution >= 0.6 is 0 Å². The molecule has 0 N–H and O–H groups in total. The van der Waals surface area contributed by atoms with Gasteiger partial charge in [0.15, 0.2) is 0 Å². The van der Waals surface area contributed by atoms with Gasteiger partial charge in [-0.05, 0) is 128 Å². The molecule has 0 unspecified atom stereocenters. The number of benzene rings is 13. The van der Waals surface area contributed by atoms with Crippen LogP contribution in [-0.2, 0) is 10.8 Å². The minimum atomic E-state index is -0.0972. The minimum absolute atomic E-state index is 0.0972. The molecule has 0 aliphatic heterocycles. The number of fused-ring (bicyclic) bond motifs is 18. The number of anilines is 6. The van der Waals surface area contributed by atoms with Crippen LogP contribution in [0.2, 0.25) is 0 Å². The fourth-order valence-corrected chi connectivity index (χ4v) is 16.5. The third-order valence-electron chi connectivity index (χ3n) is 20.3. The van der Waals surface area contributed by atoms with Crippen molar-refractivity contribution in [1.82, 2.24) is 8.80 Å². The molecular weight excluding hydrogens is 1060 g/mol. The van der Waals surface area contributed by atoms with Gasteiger partial charge in [-0.3, -0.25) is 0 Å². The highest BCUT2D eigenvalue weighted by molar-refractivity contribution is 6.38. The molecule has 0 bridgehead atoms. The fraction of sp³-hybridized carbons (Fsp3) is 0.0714. The van der Waals surface area contributed by atoms with Gasteiger partial charge in [-0.15, -0.1) is 0 Å². The van der Waals surface area contributed by atoms with Crippen LogP contribution in [0.25, 0.3) is 121 Å². The van der Waals surface area contributed by atoms with Crippen LogP contribution in [0, 0.1) is 0 Å². The summed E-state index contributed by atoms with van der Waals surface area (Å²) in [7, 11) is 0. The molecule has 0 radical (unpaired) electrons. The second kappa shape index (κ2) is 17.8. The van der Waals surface area contributed by atoms with Crippen LogP contribution in [-0.4, -0.2) is 8.80 Å². The summed E-state index contributed by atoms with van der Waals surface area (Å²) in [5.41, 5.74) is 29.3.